The van der Waals surface area contributed by atoms with Crippen molar-refractivity contribution in [1.29, 1.82) is 0 Å². The van der Waals surface area contributed by atoms with E-state index in [1.807, 2.05) is 0 Å². The number of amidine groups is 1. The van der Waals surface area contributed by atoms with Crippen LogP contribution in [-0.2, 0) is 0 Å². The molecule has 2 aromatic rings. The topological polar surface area (TPSA) is 53.9 Å². The molecule has 2 aromatic carbocycles. The number of hydrogen-bond donors (Lipinski definition) is 1. The van der Waals surface area contributed by atoms with E-state index in [1.165, 1.54) is 17.0 Å². The van der Waals surface area contributed by atoms with E-state index in [0.29, 0.717) is 35.9 Å². The van der Waals surface area contributed by atoms with Gasteiger partial charge >= 0.3 is 6.03 Å². The van der Waals surface area contributed by atoms with Crippen molar-refractivity contribution in [3.8, 4) is 5.75 Å². The molecule has 0 saturated carbocycles. The summed E-state index contributed by atoms with van der Waals surface area (Å²) in [5, 5.41) is 2.84. The summed E-state index contributed by atoms with van der Waals surface area (Å²) in [5.41, 5.74) is 1.23. The predicted octanol–water partition coefficient (Wildman–Crippen LogP) is 4.07. The highest BCUT2D eigenvalue weighted by Crippen LogP contribution is 2.22. The maximum absolute atomic E-state index is 13.2. The third kappa shape index (κ3) is 3.53. The van der Waals surface area contributed by atoms with Gasteiger partial charge in [-0.25, -0.2) is 9.18 Å². The van der Waals surface area contributed by atoms with Crippen molar-refractivity contribution >= 4 is 23.2 Å². The number of aliphatic imine (C=N–C) groups is 1. The van der Waals surface area contributed by atoms with E-state index in [-0.39, 0.29) is 11.8 Å². The third-order valence-corrected chi connectivity index (χ3v) is 3.74. The maximum atomic E-state index is 13.2. The number of benzene rings is 2. The first kappa shape index (κ1) is 16.0. The maximum Gasteiger partial charge on any atom is 0.331 e. The Balaban J connectivity index is 1.84. The van der Waals surface area contributed by atoms with Crippen LogP contribution < -0.4 is 15.0 Å². The van der Waals surface area contributed by atoms with Gasteiger partial charge in [-0.15, -0.1) is 0 Å². The summed E-state index contributed by atoms with van der Waals surface area (Å²) in [5.74, 6) is 1.05. The number of urea groups is 1. The summed E-state index contributed by atoms with van der Waals surface area (Å²) < 4.78 is 18.3. The number of rotatable bonds is 3. The van der Waals surface area contributed by atoms with E-state index in [0.717, 1.165) is 6.42 Å². The van der Waals surface area contributed by atoms with E-state index < -0.39 is 0 Å². The van der Waals surface area contributed by atoms with Gasteiger partial charge in [-0.05, 0) is 55.0 Å². The minimum Gasteiger partial charge on any atom is -0.497 e. The van der Waals surface area contributed by atoms with Gasteiger partial charge in [0.15, 0.2) is 0 Å². The molecule has 0 unspecified atom stereocenters. The van der Waals surface area contributed by atoms with E-state index in [4.69, 9.17) is 4.74 Å². The number of ether oxygens (including phenoxy) is 1. The van der Waals surface area contributed by atoms with Crippen molar-refractivity contribution in [2.45, 2.75) is 12.8 Å². The lowest BCUT2D eigenvalue weighted by Crippen LogP contribution is -2.39. The Labute approximate surface area is 139 Å². The van der Waals surface area contributed by atoms with Gasteiger partial charge < -0.3 is 10.1 Å². The van der Waals surface area contributed by atoms with Crippen LogP contribution in [0.4, 0.5) is 20.6 Å². The van der Waals surface area contributed by atoms with Crippen LogP contribution in [0.5, 0.6) is 5.75 Å². The highest BCUT2D eigenvalue weighted by Gasteiger charge is 2.23. The number of carbonyl (C=O) groups excluding carboxylic acids is 1. The van der Waals surface area contributed by atoms with Crippen LogP contribution in [0.1, 0.15) is 12.8 Å². The minimum absolute atomic E-state index is 0.326. The number of halogens is 1. The van der Waals surface area contributed by atoms with Crippen molar-refractivity contribution in [3.05, 3.63) is 54.3 Å². The second-order valence-corrected chi connectivity index (χ2v) is 5.37. The molecule has 0 atom stereocenters. The van der Waals surface area contributed by atoms with Gasteiger partial charge in [0.2, 0.25) is 0 Å². The van der Waals surface area contributed by atoms with Crippen molar-refractivity contribution in [3.63, 3.8) is 0 Å². The van der Waals surface area contributed by atoms with Crippen LogP contribution in [0.25, 0.3) is 0 Å². The first-order valence-corrected chi connectivity index (χ1v) is 7.71. The Kier molecular flexibility index (Phi) is 4.74. The number of methoxy groups -OCH3 is 1. The molecule has 0 aliphatic carbocycles. The highest BCUT2D eigenvalue weighted by atomic mass is 19.1. The standard InChI is InChI=1S/C18H18FN3O2/c1-24-16-10-6-14(7-11-16)21-18(23)22(17-3-2-12-20-17)15-8-4-13(19)5-9-15/h4-11H,2-3,12H2,1H3,(H,21,23). The molecule has 1 aliphatic heterocycles. The predicted molar refractivity (Wildman–Crippen MR) is 92.4 cm³/mol. The lowest BCUT2D eigenvalue weighted by molar-refractivity contribution is 0.259. The quantitative estimate of drug-likeness (QED) is 0.924. The van der Waals surface area contributed by atoms with Gasteiger partial charge in [-0.2, -0.15) is 0 Å². The van der Waals surface area contributed by atoms with Gasteiger partial charge in [0.05, 0.1) is 12.8 Å². The van der Waals surface area contributed by atoms with Crippen LogP contribution >= 0.6 is 0 Å². The zero-order valence-corrected chi connectivity index (χ0v) is 13.3. The summed E-state index contributed by atoms with van der Waals surface area (Å²) in [6.07, 6.45) is 1.62. The van der Waals surface area contributed by atoms with E-state index >= 15 is 0 Å². The number of carbonyl (C=O) groups is 1. The first-order valence-electron chi connectivity index (χ1n) is 7.71. The molecule has 0 radical (unpaired) electrons. The fourth-order valence-electron chi connectivity index (χ4n) is 2.53. The smallest absolute Gasteiger partial charge is 0.331 e. The van der Waals surface area contributed by atoms with Crippen LogP contribution in [0.3, 0.4) is 0 Å². The molecule has 24 heavy (non-hydrogen) atoms. The number of hydrogen-bond acceptors (Lipinski definition) is 3. The fraction of sp³-hybridized carbons (Fsp3) is 0.222. The SMILES string of the molecule is COc1ccc(NC(=O)N(C2=NCCC2)c2ccc(F)cc2)cc1. The van der Waals surface area contributed by atoms with Gasteiger partial charge in [0, 0.05) is 18.7 Å². The molecular formula is C18H18FN3O2. The van der Waals surface area contributed by atoms with Gasteiger partial charge in [0.1, 0.15) is 17.4 Å². The van der Waals surface area contributed by atoms with Crippen LogP contribution in [0, 0.1) is 5.82 Å². The largest absolute Gasteiger partial charge is 0.497 e. The average Bonchev–Trinajstić information content (AvgIpc) is 3.11. The molecule has 1 N–H and O–H groups in total. The Bertz CT molecular complexity index is 742. The molecule has 0 spiro atoms. The molecule has 0 fully saturated rings. The summed E-state index contributed by atoms with van der Waals surface area (Å²) in [7, 11) is 1.59. The second-order valence-electron chi connectivity index (χ2n) is 5.37. The lowest BCUT2D eigenvalue weighted by atomic mass is 10.2. The Hall–Kier alpha value is -2.89. The summed E-state index contributed by atoms with van der Waals surface area (Å²) in [4.78, 5) is 18.6. The van der Waals surface area contributed by atoms with Crippen molar-refractivity contribution < 1.29 is 13.9 Å². The molecule has 6 heteroatoms. The first-order chi connectivity index (χ1) is 11.7. The summed E-state index contributed by atoms with van der Waals surface area (Å²) in [6.45, 7) is 0.697. The minimum atomic E-state index is -0.345. The van der Waals surface area contributed by atoms with Gasteiger partial charge in [-0.1, -0.05) is 0 Å². The van der Waals surface area contributed by atoms with E-state index in [2.05, 4.69) is 10.3 Å². The Morgan fingerprint density at radius 2 is 1.88 bits per heavy atom. The van der Waals surface area contributed by atoms with Crippen LogP contribution in [-0.4, -0.2) is 25.5 Å². The molecule has 0 saturated heterocycles. The zero-order valence-electron chi connectivity index (χ0n) is 13.3. The molecule has 3 rings (SSSR count). The number of nitrogens with one attached hydrogen (secondary N) is 1. The van der Waals surface area contributed by atoms with E-state index in [1.54, 1.807) is 43.5 Å². The molecule has 2 amide bonds. The van der Waals surface area contributed by atoms with Crippen molar-refractivity contribution in [2.24, 2.45) is 4.99 Å². The molecule has 5 nitrogen and oxygen atoms in total. The van der Waals surface area contributed by atoms with E-state index in [9.17, 15) is 9.18 Å². The van der Waals surface area contributed by atoms with Gasteiger partial charge in [0.25, 0.3) is 0 Å². The third-order valence-electron chi connectivity index (χ3n) is 3.74. The van der Waals surface area contributed by atoms with Crippen LogP contribution in [0.2, 0.25) is 0 Å². The molecule has 1 heterocycles. The molecule has 0 aromatic heterocycles. The molecule has 1 aliphatic rings. The van der Waals surface area contributed by atoms with Gasteiger partial charge in [-0.3, -0.25) is 9.89 Å². The summed E-state index contributed by atoms with van der Waals surface area (Å²) >= 11 is 0. The van der Waals surface area contributed by atoms with Crippen molar-refractivity contribution in [2.75, 3.05) is 23.9 Å². The molecule has 0 bridgehead atoms. The number of anilines is 2. The monoisotopic (exact) mass is 327 g/mol. The van der Waals surface area contributed by atoms with Crippen LogP contribution in [0.15, 0.2) is 53.5 Å². The highest BCUT2D eigenvalue weighted by molar-refractivity contribution is 6.20. The normalized spacial score (nSPS) is 13.3. The second kappa shape index (κ2) is 7.12. The fourth-order valence-corrected chi connectivity index (χ4v) is 2.53. The summed E-state index contributed by atoms with van der Waals surface area (Å²) in [6, 6.07) is 12.5. The average molecular weight is 327 g/mol. The zero-order chi connectivity index (χ0) is 16.9. The lowest BCUT2D eigenvalue weighted by Gasteiger charge is -2.23. The number of nitrogens with zero attached hydrogens (tertiary/aromatic N) is 2. The number of amides is 2. The molecule has 124 valence electrons. The Morgan fingerprint density at radius 1 is 1.17 bits per heavy atom. The Morgan fingerprint density at radius 3 is 2.46 bits per heavy atom. The van der Waals surface area contributed by atoms with Crippen molar-refractivity contribution in [1.82, 2.24) is 0 Å². The molecular weight excluding hydrogens is 309 g/mol.